The molecule has 1 N–H and O–H groups in total. The fourth-order valence-corrected chi connectivity index (χ4v) is 5.00. The first-order valence-corrected chi connectivity index (χ1v) is 11.2. The molecule has 0 bridgehead atoms. The van der Waals surface area contributed by atoms with Gasteiger partial charge in [-0.2, -0.15) is 5.10 Å². The van der Waals surface area contributed by atoms with Gasteiger partial charge in [0.15, 0.2) is 10.8 Å². The van der Waals surface area contributed by atoms with Crippen LogP contribution in [0.25, 0.3) is 16.7 Å². The average molecular weight is 448 g/mol. The molecule has 0 unspecified atom stereocenters. The van der Waals surface area contributed by atoms with E-state index in [2.05, 4.69) is 10.4 Å². The van der Waals surface area contributed by atoms with E-state index in [9.17, 15) is 9.59 Å². The van der Waals surface area contributed by atoms with Gasteiger partial charge in [-0.1, -0.05) is 36.0 Å². The molecule has 1 amide bonds. The summed E-state index contributed by atoms with van der Waals surface area (Å²) in [6.45, 7) is 1.95. The summed E-state index contributed by atoms with van der Waals surface area (Å²) in [6, 6.07) is 14.9. The first-order chi connectivity index (χ1) is 15.5. The third kappa shape index (κ3) is 3.54. The van der Waals surface area contributed by atoms with Crippen LogP contribution < -0.4 is 15.6 Å². The molecule has 5 rings (SSSR count). The van der Waals surface area contributed by atoms with Gasteiger partial charge in [0.25, 0.3) is 5.56 Å². The zero-order chi connectivity index (χ0) is 22.2. The van der Waals surface area contributed by atoms with Crippen LogP contribution >= 0.6 is 11.8 Å². The van der Waals surface area contributed by atoms with Gasteiger partial charge in [-0.25, -0.2) is 9.67 Å². The molecule has 1 aliphatic rings. The summed E-state index contributed by atoms with van der Waals surface area (Å²) in [4.78, 5) is 30.8. The molecule has 0 saturated heterocycles. The maximum absolute atomic E-state index is 13.3. The molecule has 32 heavy (non-hydrogen) atoms. The maximum Gasteiger partial charge on any atom is 0.265 e. The third-order valence-corrected chi connectivity index (χ3v) is 6.52. The highest BCUT2D eigenvalue weighted by Crippen LogP contribution is 2.34. The monoisotopic (exact) mass is 447 g/mol. The van der Waals surface area contributed by atoms with Crippen LogP contribution in [0.15, 0.2) is 64.7 Å². The molecule has 0 aliphatic carbocycles. The van der Waals surface area contributed by atoms with Crippen molar-refractivity contribution in [3.05, 3.63) is 70.6 Å². The molecule has 8 nitrogen and oxygen atoms in total. The molecule has 0 radical (unpaired) electrons. The third-order valence-electron chi connectivity index (χ3n) is 5.42. The Balaban J connectivity index is 1.44. The highest BCUT2D eigenvalue weighted by molar-refractivity contribution is 7.99. The number of thioether (sulfide) groups is 1. The number of nitrogens with zero attached hydrogens (tertiary/aromatic N) is 4. The van der Waals surface area contributed by atoms with Crippen molar-refractivity contribution in [2.45, 2.75) is 24.5 Å². The van der Waals surface area contributed by atoms with Gasteiger partial charge in [-0.3, -0.25) is 14.2 Å². The number of aromatic nitrogens is 4. The Morgan fingerprint density at radius 2 is 2.06 bits per heavy atom. The highest BCUT2D eigenvalue weighted by atomic mass is 32.2. The number of para-hydroxylation sites is 1. The molecule has 4 aromatic rings. The molecular weight excluding hydrogens is 426 g/mol. The molecule has 0 saturated carbocycles. The number of benzene rings is 2. The van der Waals surface area contributed by atoms with Crippen LogP contribution in [0.3, 0.4) is 0 Å². The Hall–Kier alpha value is -3.59. The summed E-state index contributed by atoms with van der Waals surface area (Å²) >= 11 is 1.48. The minimum atomic E-state index is -0.282. The Labute approximate surface area is 188 Å². The number of fused-ring (bicyclic) bond motifs is 2. The van der Waals surface area contributed by atoms with Gasteiger partial charge in [-0.15, -0.1) is 0 Å². The van der Waals surface area contributed by atoms with Crippen LogP contribution in [0.4, 0.5) is 5.69 Å². The summed E-state index contributed by atoms with van der Waals surface area (Å²) in [5, 5.41) is 8.33. The van der Waals surface area contributed by atoms with Crippen LogP contribution in [0.2, 0.25) is 0 Å². The number of methoxy groups -OCH3 is 1. The van der Waals surface area contributed by atoms with E-state index in [-0.39, 0.29) is 23.9 Å². The van der Waals surface area contributed by atoms with Crippen molar-refractivity contribution in [2.24, 2.45) is 0 Å². The lowest BCUT2D eigenvalue weighted by Crippen LogP contribution is -2.27. The number of amides is 1. The standard InChI is InChI=1S/C23H21N5O3S/c1-14-8-9-19(31-2)18(10-14)25-20(29)11-16-13-32-23-26-21-17(22(30)27(16)23)12-24-28(21)15-6-4-3-5-7-15/h3-10,12,16H,11,13H2,1-2H3,(H,25,29)/t16-/m0/s1. The molecule has 3 heterocycles. The molecule has 9 heteroatoms. The fraction of sp³-hybridized carbons (Fsp3) is 0.217. The molecule has 2 aromatic heterocycles. The molecule has 0 spiro atoms. The zero-order valence-electron chi connectivity index (χ0n) is 17.6. The predicted octanol–water partition coefficient (Wildman–Crippen LogP) is 3.57. The van der Waals surface area contributed by atoms with Gasteiger partial charge in [-0.05, 0) is 36.8 Å². The minimum absolute atomic E-state index is 0.164. The molecule has 1 atom stereocenters. The van der Waals surface area contributed by atoms with Gasteiger partial charge in [0.1, 0.15) is 11.1 Å². The number of rotatable bonds is 5. The van der Waals surface area contributed by atoms with Crippen molar-refractivity contribution in [1.82, 2.24) is 19.3 Å². The number of carbonyl (C=O) groups excluding carboxylic acids is 1. The summed E-state index contributed by atoms with van der Waals surface area (Å²) in [7, 11) is 1.57. The Kier molecular flexibility index (Phi) is 5.18. The Morgan fingerprint density at radius 1 is 1.25 bits per heavy atom. The van der Waals surface area contributed by atoms with E-state index < -0.39 is 0 Å². The van der Waals surface area contributed by atoms with Gasteiger partial charge in [0.2, 0.25) is 5.91 Å². The maximum atomic E-state index is 13.3. The van der Waals surface area contributed by atoms with Crippen LogP contribution in [-0.4, -0.2) is 38.1 Å². The summed E-state index contributed by atoms with van der Waals surface area (Å²) in [5.41, 5.74) is 2.82. The number of nitrogens with one attached hydrogen (secondary N) is 1. The topological polar surface area (TPSA) is 91.0 Å². The van der Waals surface area contributed by atoms with E-state index in [0.717, 1.165) is 11.3 Å². The van der Waals surface area contributed by atoms with Gasteiger partial charge in [0.05, 0.1) is 30.7 Å². The second-order valence-corrected chi connectivity index (χ2v) is 8.61. The van der Waals surface area contributed by atoms with E-state index in [1.807, 2.05) is 55.5 Å². The van der Waals surface area contributed by atoms with Crippen LogP contribution in [0.5, 0.6) is 5.75 Å². The smallest absolute Gasteiger partial charge is 0.265 e. The highest BCUT2D eigenvalue weighted by Gasteiger charge is 2.29. The van der Waals surface area contributed by atoms with Crippen LogP contribution in [0.1, 0.15) is 18.0 Å². The molecule has 2 aromatic carbocycles. The number of aryl methyl sites for hydroxylation is 1. The number of ether oxygens (including phenoxy) is 1. The Morgan fingerprint density at radius 3 is 2.84 bits per heavy atom. The molecule has 162 valence electrons. The Bertz CT molecular complexity index is 1380. The number of carbonyl (C=O) groups is 1. The number of anilines is 1. The molecule has 1 aliphatic heterocycles. The SMILES string of the molecule is COc1ccc(C)cc1NC(=O)C[C@H]1CSc2nc3c(cnn3-c3ccccc3)c(=O)n21. The van der Waals surface area contributed by atoms with Gasteiger partial charge in [0, 0.05) is 12.2 Å². The van der Waals surface area contributed by atoms with Crippen molar-refractivity contribution in [2.75, 3.05) is 18.2 Å². The van der Waals surface area contributed by atoms with E-state index in [4.69, 9.17) is 9.72 Å². The minimum Gasteiger partial charge on any atom is -0.495 e. The zero-order valence-corrected chi connectivity index (χ0v) is 18.4. The second kappa shape index (κ2) is 8.16. The normalized spacial score (nSPS) is 15.0. The van der Waals surface area contributed by atoms with Crippen molar-refractivity contribution in [3.63, 3.8) is 0 Å². The quantitative estimate of drug-likeness (QED) is 0.470. The lowest BCUT2D eigenvalue weighted by molar-refractivity contribution is -0.116. The van der Waals surface area contributed by atoms with Gasteiger partial charge < -0.3 is 10.1 Å². The number of hydrogen-bond acceptors (Lipinski definition) is 6. The fourth-order valence-electron chi connectivity index (χ4n) is 3.87. The summed E-state index contributed by atoms with van der Waals surface area (Å²) in [5.74, 6) is 1.02. The first kappa shape index (κ1) is 20.3. The summed E-state index contributed by atoms with van der Waals surface area (Å²) in [6.07, 6.45) is 1.71. The van der Waals surface area contributed by atoms with E-state index >= 15 is 0 Å². The largest absolute Gasteiger partial charge is 0.495 e. The summed E-state index contributed by atoms with van der Waals surface area (Å²) < 4.78 is 8.63. The number of hydrogen-bond donors (Lipinski definition) is 1. The molecule has 0 fully saturated rings. The van der Waals surface area contributed by atoms with Crippen molar-refractivity contribution in [1.29, 1.82) is 0 Å². The van der Waals surface area contributed by atoms with Crippen molar-refractivity contribution < 1.29 is 9.53 Å². The van der Waals surface area contributed by atoms with E-state index in [0.29, 0.717) is 33.4 Å². The lowest BCUT2D eigenvalue weighted by Gasteiger charge is -2.15. The first-order valence-electron chi connectivity index (χ1n) is 10.2. The van der Waals surface area contributed by atoms with E-state index in [1.165, 1.54) is 11.8 Å². The second-order valence-electron chi connectivity index (χ2n) is 7.62. The lowest BCUT2D eigenvalue weighted by atomic mass is 10.2. The van der Waals surface area contributed by atoms with Crippen LogP contribution in [0, 0.1) is 6.92 Å². The van der Waals surface area contributed by atoms with Crippen LogP contribution in [-0.2, 0) is 4.79 Å². The van der Waals surface area contributed by atoms with Gasteiger partial charge >= 0.3 is 0 Å². The van der Waals surface area contributed by atoms with Crippen molar-refractivity contribution >= 4 is 34.4 Å². The predicted molar refractivity (Wildman–Crippen MR) is 124 cm³/mol. The average Bonchev–Trinajstić information content (AvgIpc) is 3.39. The van der Waals surface area contributed by atoms with Crippen molar-refractivity contribution in [3.8, 4) is 11.4 Å². The molecular formula is C23H21N5O3S. The van der Waals surface area contributed by atoms with E-state index in [1.54, 1.807) is 22.6 Å².